The maximum atomic E-state index is 14.1. The second-order valence-electron chi connectivity index (χ2n) is 7.12. The Balaban J connectivity index is 1.90. The highest BCUT2D eigenvalue weighted by atomic mass is 35.5. The van der Waals surface area contributed by atoms with Gasteiger partial charge in [0.2, 0.25) is 5.91 Å². The number of benzene rings is 2. The van der Waals surface area contributed by atoms with Crippen LogP contribution in [-0.2, 0) is 21.8 Å². The summed E-state index contributed by atoms with van der Waals surface area (Å²) in [4.78, 5) is 16.7. The number of amides is 1. The van der Waals surface area contributed by atoms with E-state index in [2.05, 4.69) is 10.5 Å². The maximum Gasteiger partial charge on any atom is 0.435 e. The highest BCUT2D eigenvalue weighted by Gasteiger charge is 2.62. The van der Waals surface area contributed by atoms with Crippen LogP contribution in [0.4, 0.5) is 13.2 Å². The summed E-state index contributed by atoms with van der Waals surface area (Å²) in [6, 6.07) is 8.36. The van der Waals surface area contributed by atoms with E-state index in [0.29, 0.717) is 29.0 Å². The van der Waals surface area contributed by atoms with Crippen LogP contribution in [0.5, 0.6) is 0 Å². The van der Waals surface area contributed by atoms with Crippen molar-refractivity contribution in [1.29, 1.82) is 0 Å². The van der Waals surface area contributed by atoms with Crippen LogP contribution in [0.15, 0.2) is 41.6 Å². The minimum absolute atomic E-state index is 0.0553. The van der Waals surface area contributed by atoms with Crippen LogP contribution in [-0.4, -0.2) is 17.8 Å². The summed E-state index contributed by atoms with van der Waals surface area (Å²) in [6.45, 7) is 2.03. The highest BCUT2D eigenvalue weighted by molar-refractivity contribution is 6.34. The number of nitrogens with zero attached hydrogens (tertiary/aromatic N) is 1. The SMILES string of the molecule is CCCC(=O)NCc1cc(C2=NOC(c3cc(Cl)cc(Cl)c3)(C(F)(F)F)C2)ccc1Cl. The molecule has 0 spiro atoms. The number of nitrogens with one attached hydrogen (secondary N) is 1. The average molecular weight is 494 g/mol. The first-order chi connectivity index (χ1) is 14.6. The number of hydrogen-bond donors (Lipinski definition) is 1. The summed E-state index contributed by atoms with van der Waals surface area (Å²) < 4.78 is 42.4. The van der Waals surface area contributed by atoms with Crippen molar-refractivity contribution in [2.75, 3.05) is 0 Å². The van der Waals surface area contributed by atoms with E-state index in [1.807, 2.05) is 6.92 Å². The quantitative estimate of drug-likeness (QED) is 0.490. The van der Waals surface area contributed by atoms with Gasteiger partial charge in [-0.2, -0.15) is 13.2 Å². The molecule has 0 bridgehead atoms. The molecule has 10 heteroatoms. The van der Waals surface area contributed by atoms with Crippen molar-refractivity contribution >= 4 is 46.4 Å². The fourth-order valence-electron chi connectivity index (χ4n) is 3.24. The molecule has 2 aromatic rings. The first-order valence-electron chi connectivity index (χ1n) is 9.39. The summed E-state index contributed by atoms with van der Waals surface area (Å²) in [5.41, 5.74) is -1.90. The van der Waals surface area contributed by atoms with Crippen LogP contribution in [0.25, 0.3) is 0 Å². The largest absolute Gasteiger partial charge is 0.435 e. The monoisotopic (exact) mass is 492 g/mol. The Labute approximate surface area is 192 Å². The van der Waals surface area contributed by atoms with Gasteiger partial charge < -0.3 is 10.2 Å². The van der Waals surface area contributed by atoms with Gasteiger partial charge in [0.05, 0.1) is 5.71 Å². The normalized spacial score (nSPS) is 18.5. The Morgan fingerprint density at radius 3 is 2.45 bits per heavy atom. The van der Waals surface area contributed by atoms with Gasteiger partial charge in [-0.3, -0.25) is 4.79 Å². The zero-order chi connectivity index (χ0) is 22.8. The van der Waals surface area contributed by atoms with Crippen molar-refractivity contribution in [2.24, 2.45) is 5.16 Å². The van der Waals surface area contributed by atoms with Gasteiger partial charge in [0.25, 0.3) is 5.60 Å². The molecule has 0 saturated heterocycles. The lowest BCUT2D eigenvalue weighted by atomic mass is 9.86. The molecule has 1 unspecified atom stereocenters. The molecule has 0 fully saturated rings. The smallest absolute Gasteiger partial charge is 0.374 e. The van der Waals surface area contributed by atoms with Crippen LogP contribution in [0.2, 0.25) is 15.1 Å². The molecule has 1 aliphatic rings. The molecule has 166 valence electrons. The fourth-order valence-corrected chi connectivity index (χ4v) is 3.95. The van der Waals surface area contributed by atoms with Gasteiger partial charge in [0, 0.05) is 40.0 Å². The molecule has 1 amide bonds. The minimum Gasteiger partial charge on any atom is -0.374 e. The van der Waals surface area contributed by atoms with E-state index < -0.39 is 18.2 Å². The number of oxime groups is 1. The Hall–Kier alpha value is -1.96. The third-order valence-corrected chi connectivity index (χ3v) is 5.65. The van der Waals surface area contributed by atoms with Gasteiger partial charge in [0.1, 0.15) is 0 Å². The maximum absolute atomic E-state index is 14.1. The molecule has 0 saturated carbocycles. The van der Waals surface area contributed by atoms with E-state index in [1.165, 1.54) is 6.07 Å². The van der Waals surface area contributed by atoms with Crippen molar-refractivity contribution in [3.63, 3.8) is 0 Å². The number of rotatable bonds is 6. The zero-order valence-electron chi connectivity index (χ0n) is 16.3. The molecular weight excluding hydrogens is 476 g/mol. The molecular formula is C21H18Cl3F3N2O2. The molecule has 4 nitrogen and oxygen atoms in total. The van der Waals surface area contributed by atoms with E-state index in [1.54, 1.807) is 18.2 Å². The second-order valence-corrected chi connectivity index (χ2v) is 8.40. The van der Waals surface area contributed by atoms with E-state index in [-0.39, 0.29) is 33.8 Å². The molecule has 0 radical (unpaired) electrons. The average Bonchev–Trinajstić information content (AvgIpc) is 3.14. The van der Waals surface area contributed by atoms with Gasteiger partial charge in [0.15, 0.2) is 0 Å². The predicted molar refractivity (Wildman–Crippen MR) is 115 cm³/mol. The first kappa shape index (κ1) is 23.7. The van der Waals surface area contributed by atoms with Crippen LogP contribution >= 0.6 is 34.8 Å². The lowest BCUT2D eigenvalue weighted by Crippen LogP contribution is -2.42. The number of hydrogen-bond acceptors (Lipinski definition) is 3. The second kappa shape index (κ2) is 9.27. The van der Waals surface area contributed by atoms with Gasteiger partial charge >= 0.3 is 6.18 Å². The molecule has 0 aromatic heterocycles. The highest BCUT2D eigenvalue weighted by Crippen LogP contribution is 2.49. The van der Waals surface area contributed by atoms with Crippen molar-refractivity contribution in [3.8, 4) is 0 Å². The summed E-state index contributed by atoms with van der Waals surface area (Å²) in [6.07, 6.45) is -4.29. The Morgan fingerprint density at radius 2 is 1.84 bits per heavy atom. The van der Waals surface area contributed by atoms with Crippen molar-refractivity contribution < 1.29 is 22.8 Å². The zero-order valence-corrected chi connectivity index (χ0v) is 18.6. The van der Waals surface area contributed by atoms with Crippen LogP contribution < -0.4 is 5.32 Å². The lowest BCUT2D eigenvalue weighted by Gasteiger charge is -2.29. The summed E-state index contributed by atoms with van der Waals surface area (Å²) in [5.74, 6) is -0.139. The fraction of sp³-hybridized carbons (Fsp3) is 0.333. The van der Waals surface area contributed by atoms with Gasteiger partial charge in [-0.15, -0.1) is 0 Å². The molecule has 1 aliphatic heterocycles. The lowest BCUT2D eigenvalue weighted by molar-refractivity contribution is -0.275. The molecule has 1 N–H and O–H groups in total. The topological polar surface area (TPSA) is 50.7 Å². The summed E-state index contributed by atoms with van der Waals surface area (Å²) in [7, 11) is 0. The molecule has 1 heterocycles. The minimum atomic E-state index is -4.78. The van der Waals surface area contributed by atoms with Crippen LogP contribution in [0.3, 0.4) is 0 Å². The molecule has 1 atom stereocenters. The van der Waals surface area contributed by atoms with Crippen molar-refractivity contribution in [2.45, 2.75) is 44.5 Å². The van der Waals surface area contributed by atoms with Gasteiger partial charge in [-0.1, -0.05) is 52.9 Å². The number of carbonyl (C=O) groups excluding carboxylic acids is 1. The molecule has 3 rings (SSSR count). The summed E-state index contributed by atoms with van der Waals surface area (Å²) in [5, 5.41) is 6.96. The number of carbonyl (C=O) groups is 1. The van der Waals surface area contributed by atoms with Gasteiger partial charge in [-0.05, 0) is 47.9 Å². The standard InChI is InChI=1S/C21H18Cl3F3N2O2/c1-2-3-19(30)28-11-13-6-12(4-5-17(13)24)18-10-20(31-29-18,21(25,26)27)14-7-15(22)9-16(23)8-14/h4-9H,2-3,10-11H2,1H3,(H,28,30). The molecule has 31 heavy (non-hydrogen) atoms. The number of alkyl halides is 3. The van der Waals surface area contributed by atoms with Crippen molar-refractivity contribution in [1.82, 2.24) is 5.32 Å². The van der Waals surface area contributed by atoms with Crippen LogP contribution in [0, 0.1) is 0 Å². The molecule has 2 aromatic carbocycles. The van der Waals surface area contributed by atoms with E-state index in [4.69, 9.17) is 39.6 Å². The third-order valence-electron chi connectivity index (χ3n) is 4.85. The van der Waals surface area contributed by atoms with Crippen molar-refractivity contribution in [3.05, 3.63) is 68.2 Å². The summed E-state index contributed by atoms with van der Waals surface area (Å²) >= 11 is 18.0. The first-order valence-corrected chi connectivity index (χ1v) is 10.5. The Morgan fingerprint density at radius 1 is 1.16 bits per heavy atom. The molecule has 0 aliphatic carbocycles. The van der Waals surface area contributed by atoms with E-state index in [0.717, 1.165) is 12.1 Å². The predicted octanol–water partition coefficient (Wildman–Crippen LogP) is 6.65. The Bertz CT molecular complexity index is 1010. The number of halogens is 6. The van der Waals surface area contributed by atoms with Crippen LogP contribution in [0.1, 0.15) is 42.9 Å². The third kappa shape index (κ3) is 5.10. The van der Waals surface area contributed by atoms with E-state index in [9.17, 15) is 18.0 Å². The van der Waals surface area contributed by atoms with E-state index >= 15 is 0 Å². The Kier molecular flexibility index (Phi) is 7.08. The van der Waals surface area contributed by atoms with Gasteiger partial charge in [-0.25, -0.2) is 0 Å².